The molecule has 4 rings (SSSR count). The number of benzene rings is 2. The topological polar surface area (TPSA) is 62.3 Å². The Balaban J connectivity index is 1.40. The SMILES string of the molecule is CN(CCc1ccncc1)C(=O)c1cccc(-c2ccc(C[C@H]3CCCNC3=O)cc2)c1. The molecular formula is C27H29N3O2. The highest BCUT2D eigenvalue weighted by Crippen LogP contribution is 2.24. The molecule has 1 atom stereocenters. The number of hydrogen-bond donors (Lipinski definition) is 1. The summed E-state index contributed by atoms with van der Waals surface area (Å²) in [5.74, 6) is 0.249. The Bertz CT molecular complexity index is 1060. The number of likely N-dealkylation sites (N-methyl/N-ethyl adjacent to an activating group) is 1. The molecule has 2 heterocycles. The molecule has 2 amide bonds. The number of nitrogens with zero attached hydrogens (tertiary/aromatic N) is 2. The lowest BCUT2D eigenvalue weighted by Crippen LogP contribution is -2.37. The van der Waals surface area contributed by atoms with Crippen molar-refractivity contribution in [1.82, 2.24) is 15.2 Å². The predicted octanol–water partition coefficient (Wildman–Crippen LogP) is 4.13. The number of piperidine rings is 1. The maximum Gasteiger partial charge on any atom is 0.253 e. The van der Waals surface area contributed by atoms with Crippen molar-refractivity contribution in [1.29, 1.82) is 0 Å². The van der Waals surface area contributed by atoms with Gasteiger partial charge in [-0.15, -0.1) is 0 Å². The number of hydrogen-bond acceptors (Lipinski definition) is 3. The van der Waals surface area contributed by atoms with Crippen LogP contribution in [0.4, 0.5) is 0 Å². The molecule has 2 aromatic carbocycles. The molecule has 32 heavy (non-hydrogen) atoms. The highest BCUT2D eigenvalue weighted by molar-refractivity contribution is 5.95. The first-order valence-electron chi connectivity index (χ1n) is 11.2. The molecule has 3 aromatic rings. The lowest BCUT2D eigenvalue weighted by atomic mass is 9.91. The van der Waals surface area contributed by atoms with Crippen molar-refractivity contribution in [3.63, 3.8) is 0 Å². The summed E-state index contributed by atoms with van der Waals surface area (Å²) < 4.78 is 0. The molecule has 164 valence electrons. The van der Waals surface area contributed by atoms with Crippen LogP contribution in [0.25, 0.3) is 11.1 Å². The summed E-state index contributed by atoms with van der Waals surface area (Å²) >= 11 is 0. The Morgan fingerprint density at radius 2 is 1.81 bits per heavy atom. The van der Waals surface area contributed by atoms with Gasteiger partial charge in [-0.25, -0.2) is 0 Å². The Kier molecular flexibility index (Phi) is 6.95. The molecule has 0 aliphatic carbocycles. The molecule has 0 bridgehead atoms. The van der Waals surface area contributed by atoms with Gasteiger partial charge >= 0.3 is 0 Å². The average molecular weight is 428 g/mol. The third-order valence-electron chi connectivity index (χ3n) is 6.11. The molecular weight excluding hydrogens is 398 g/mol. The zero-order chi connectivity index (χ0) is 22.3. The molecule has 5 nitrogen and oxygen atoms in total. The van der Waals surface area contributed by atoms with Crippen LogP contribution in [0.15, 0.2) is 73.1 Å². The highest BCUT2D eigenvalue weighted by atomic mass is 16.2. The van der Waals surface area contributed by atoms with Crippen LogP contribution in [0.2, 0.25) is 0 Å². The number of pyridine rings is 1. The van der Waals surface area contributed by atoms with E-state index in [0.717, 1.165) is 43.4 Å². The molecule has 0 saturated carbocycles. The van der Waals surface area contributed by atoms with E-state index in [2.05, 4.69) is 34.6 Å². The van der Waals surface area contributed by atoms with Crippen LogP contribution in [0, 0.1) is 5.92 Å². The minimum atomic E-state index is 0.0147. The molecule has 0 spiro atoms. The van der Waals surface area contributed by atoms with E-state index in [4.69, 9.17) is 0 Å². The smallest absolute Gasteiger partial charge is 0.253 e. The summed E-state index contributed by atoms with van der Waals surface area (Å²) in [5.41, 5.74) is 5.09. The van der Waals surface area contributed by atoms with E-state index in [1.54, 1.807) is 17.3 Å². The van der Waals surface area contributed by atoms with Gasteiger partial charge < -0.3 is 10.2 Å². The van der Waals surface area contributed by atoms with Crippen LogP contribution in [-0.2, 0) is 17.6 Å². The normalized spacial score (nSPS) is 15.8. The molecule has 0 unspecified atom stereocenters. The number of rotatable bonds is 7. The van der Waals surface area contributed by atoms with Gasteiger partial charge in [-0.3, -0.25) is 14.6 Å². The monoisotopic (exact) mass is 427 g/mol. The van der Waals surface area contributed by atoms with E-state index < -0.39 is 0 Å². The van der Waals surface area contributed by atoms with Gasteiger partial charge in [-0.1, -0.05) is 36.4 Å². The van der Waals surface area contributed by atoms with Gasteiger partial charge in [0.15, 0.2) is 0 Å². The van der Waals surface area contributed by atoms with Gasteiger partial charge in [0.25, 0.3) is 5.91 Å². The fourth-order valence-corrected chi connectivity index (χ4v) is 4.15. The average Bonchev–Trinajstić information content (AvgIpc) is 2.84. The Labute approximate surface area is 189 Å². The van der Waals surface area contributed by atoms with Crippen LogP contribution in [-0.4, -0.2) is 41.8 Å². The largest absolute Gasteiger partial charge is 0.356 e. The second kappa shape index (κ2) is 10.2. The van der Waals surface area contributed by atoms with E-state index in [9.17, 15) is 9.59 Å². The maximum atomic E-state index is 12.9. The third-order valence-corrected chi connectivity index (χ3v) is 6.11. The number of amides is 2. The first-order chi connectivity index (χ1) is 15.6. The summed E-state index contributed by atoms with van der Waals surface area (Å²) in [4.78, 5) is 30.7. The Hall–Kier alpha value is -3.47. The number of aromatic nitrogens is 1. The van der Waals surface area contributed by atoms with Crippen molar-refractivity contribution < 1.29 is 9.59 Å². The predicted molar refractivity (Wildman–Crippen MR) is 126 cm³/mol. The van der Waals surface area contributed by atoms with Gasteiger partial charge in [0.2, 0.25) is 5.91 Å². The Morgan fingerprint density at radius 1 is 1.03 bits per heavy atom. The summed E-state index contributed by atoms with van der Waals surface area (Å²) in [5, 5.41) is 2.96. The second-order valence-electron chi connectivity index (χ2n) is 8.44. The molecule has 1 fully saturated rings. The van der Waals surface area contributed by atoms with Crippen LogP contribution >= 0.6 is 0 Å². The lowest BCUT2D eigenvalue weighted by molar-refractivity contribution is -0.126. The van der Waals surface area contributed by atoms with E-state index in [-0.39, 0.29) is 17.7 Å². The van der Waals surface area contributed by atoms with E-state index in [1.165, 1.54) is 11.1 Å². The fourth-order valence-electron chi connectivity index (χ4n) is 4.15. The molecule has 1 saturated heterocycles. The van der Waals surface area contributed by atoms with Gasteiger partial charge in [0.1, 0.15) is 0 Å². The molecule has 5 heteroatoms. The minimum absolute atomic E-state index is 0.0147. The molecule has 0 radical (unpaired) electrons. The lowest BCUT2D eigenvalue weighted by Gasteiger charge is -2.21. The molecule has 1 N–H and O–H groups in total. The van der Waals surface area contributed by atoms with E-state index in [1.807, 2.05) is 43.4 Å². The minimum Gasteiger partial charge on any atom is -0.356 e. The number of carbonyl (C=O) groups is 2. The van der Waals surface area contributed by atoms with Gasteiger partial charge in [0.05, 0.1) is 0 Å². The van der Waals surface area contributed by atoms with Gasteiger partial charge in [-0.2, -0.15) is 0 Å². The second-order valence-corrected chi connectivity index (χ2v) is 8.44. The Morgan fingerprint density at radius 3 is 2.56 bits per heavy atom. The first kappa shape index (κ1) is 21.8. The van der Waals surface area contributed by atoms with Crippen molar-refractivity contribution in [2.45, 2.75) is 25.7 Å². The molecule has 1 aromatic heterocycles. The first-order valence-corrected chi connectivity index (χ1v) is 11.2. The zero-order valence-electron chi connectivity index (χ0n) is 18.5. The summed E-state index contributed by atoms with van der Waals surface area (Å²) in [6.07, 6.45) is 7.11. The van der Waals surface area contributed by atoms with Crippen LogP contribution in [0.1, 0.15) is 34.3 Å². The van der Waals surface area contributed by atoms with Crippen LogP contribution in [0.3, 0.4) is 0 Å². The standard InChI is InChI=1S/C27H29N3O2/c1-30(17-13-20-11-15-28-16-12-20)27(32)25-5-2-4-23(19-25)22-9-7-21(8-10-22)18-24-6-3-14-29-26(24)31/h2,4-5,7-12,15-16,19,24H,3,6,13-14,17-18H2,1H3,(H,29,31)/t24-/m1/s1. The van der Waals surface area contributed by atoms with Crippen molar-refractivity contribution in [3.05, 3.63) is 89.7 Å². The van der Waals surface area contributed by atoms with Crippen molar-refractivity contribution in [2.24, 2.45) is 5.92 Å². The van der Waals surface area contributed by atoms with Crippen molar-refractivity contribution in [2.75, 3.05) is 20.1 Å². The quantitative estimate of drug-likeness (QED) is 0.617. The summed E-state index contributed by atoms with van der Waals surface area (Å²) in [6.45, 7) is 1.44. The number of nitrogens with one attached hydrogen (secondary N) is 1. The van der Waals surface area contributed by atoms with Crippen LogP contribution < -0.4 is 5.32 Å². The maximum absolute atomic E-state index is 12.9. The highest BCUT2D eigenvalue weighted by Gasteiger charge is 2.22. The summed E-state index contributed by atoms with van der Waals surface area (Å²) in [6, 6.07) is 20.1. The molecule has 1 aliphatic rings. The third kappa shape index (κ3) is 5.41. The van der Waals surface area contributed by atoms with Crippen molar-refractivity contribution in [3.8, 4) is 11.1 Å². The fraction of sp³-hybridized carbons (Fsp3) is 0.296. The van der Waals surface area contributed by atoms with Gasteiger partial charge in [0, 0.05) is 44.0 Å². The number of carbonyl (C=O) groups excluding carboxylic acids is 2. The zero-order valence-corrected chi connectivity index (χ0v) is 18.5. The van der Waals surface area contributed by atoms with Gasteiger partial charge in [-0.05, 0) is 72.2 Å². The molecule has 1 aliphatic heterocycles. The van der Waals surface area contributed by atoms with Crippen molar-refractivity contribution >= 4 is 11.8 Å². The summed E-state index contributed by atoms with van der Waals surface area (Å²) in [7, 11) is 1.84. The van der Waals surface area contributed by atoms with E-state index >= 15 is 0 Å². The van der Waals surface area contributed by atoms with Crippen LogP contribution in [0.5, 0.6) is 0 Å². The van der Waals surface area contributed by atoms with E-state index in [0.29, 0.717) is 12.1 Å².